The minimum atomic E-state index is -0.474. The Labute approximate surface area is 174 Å². The molecule has 1 saturated heterocycles. The summed E-state index contributed by atoms with van der Waals surface area (Å²) in [6, 6.07) is 25.1. The third kappa shape index (κ3) is 5.17. The predicted molar refractivity (Wildman–Crippen MR) is 119 cm³/mol. The van der Waals surface area contributed by atoms with Crippen LogP contribution in [0.15, 0.2) is 72.8 Å². The van der Waals surface area contributed by atoms with E-state index in [2.05, 4.69) is 61.5 Å². The Balaban J connectivity index is 1.41. The van der Waals surface area contributed by atoms with Gasteiger partial charge in [0.25, 0.3) is 0 Å². The lowest BCUT2D eigenvalue weighted by molar-refractivity contribution is -0.948. The first-order valence-electron chi connectivity index (χ1n) is 10.8. The SMILES string of the molecule is CC1CC[N+](Cc2ccccc2)(C[C@H](O)COc2ccc3ccccc3c2)CC1. The molecular weight excluding hydrogens is 358 g/mol. The van der Waals surface area contributed by atoms with E-state index < -0.39 is 6.10 Å². The first kappa shape index (κ1) is 19.9. The molecule has 29 heavy (non-hydrogen) atoms. The lowest BCUT2D eigenvalue weighted by atomic mass is 9.95. The fourth-order valence-electron chi connectivity index (χ4n) is 4.57. The van der Waals surface area contributed by atoms with Crippen LogP contribution in [0.1, 0.15) is 25.3 Å². The second kappa shape index (κ2) is 8.98. The zero-order valence-electron chi connectivity index (χ0n) is 17.3. The van der Waals surface area contributed by atoms with E-state index in [-0.39, 0.29) is 0 Å². The van der Waals surface area contributed by atoms with Crippen molar-refractivity contribution >= 4 is 10.8 Å². The molecule has 0 bridgehead atoms. The van der Waals surface area contributed by atoms with Gasteiger partial charge in [0.2, 0.25) is 0 Å². The van der Waals surface area contributed by atoms with E-state index in [0.29, 0.717) is 6.61 Å². The second-order valence-electron chi connectivity index (χ2n) is 8.77. The van der Waals surface area contributed by atoms with Gasteiger partial charge in [0.05, 0.1) is 13.1 Å². The summed E-state index contributed by atoms with van der Waals surface area (Å²) in [5.41, 5.74) is 1.35. The third-order valence-electron chi connectivity index (χ3n) is 6.31. The lowest BCUT2D eigenvalue weighted by Crippen LogP contribution is -2.56. The molecular formula is C26H32NO2+. The molecule has 0 radical (unpaired) electrons. The zero-order chi connectivity index (χ0) is 20.1. The molecule has 1 heterocycles. The Bertz CT molecular complexity index is 916. The van der Waals surface area contributed by atoms with Crippen LogP contribution in [0.5, 0.6) is 5.75 Å². The molecule has 1 fully saturated rings. The van der Waals surface area contributed by atoms with E-state index in [1.54, 1.807) is 0 Å². The average Bonchev–Trinajstić information content (AvgIpc) is 2.75. The van der Waals surface area contributed by atoms with Crippen LogP contribution in [0.2, 0.25) is 0 Å². The molecule has 0 amide bonds. The molecule has 0 spiro atoms. The van der Waals surface area contributed by atoms with Gasteiger partial charge in [0.15, 0.2) is 0 Å². The Morgan fingerprint density at radius 1 is 0.931 bits per heavy atom. The molecule has 0 aliphatic carbocycles. The number of aliphatic hydroxyl groups excluding tert-OH is 1. The lowest BCUT2D eigenvalue weighted by Gasteiger charge is -2.44. The number of aliphatic hydroxyl groups is 1. The maximum atomic E-state index is 10.8. The topological polar surface area (TPSA) is 29.5 Å². The van der Waals surface area contributed by atoms with Crippen molar-refractivity contribution in [2.75, 3.05) is 26.2 Å². The van der Waals surface area contributed by atoms with E-state index in [4.69, 9.17) is 4.74 Å². The van der Waals surface area contributed by atoms with Gasteiger partial charge in [-0.05, 0) is 41.7 Å². The third-order valence-corrected chi connectivity index (χ3v) is 6.31. The van der Waals surface area contributed by atoms with Crippen molar-refractivity contribution in [3.05, 3.63) is 78.4 Å². The largest absolute Gasteiger partial charge is 0.491 e. The first-order chi connectivity index (χ1) is 14.1. The van der Waals surface area contributed by atoms with Crippen molar-refractivity contribution in [1.82, 2.24) is 0 Å². The van der Waals surface area contributed by atoms with E-state index in [9.17, 15) is 5.11 Å². The van der Waals surface area contributed by atoms with Gasteiger partial charge < -0.3 is 14.3 Å². The van der Waals surface area contributed by atoms with Crippen LogP contribution in [0.4, 0.5) is 0 Å². The standard InChI is InChI=1S/C26H32NO2/c1-21-13-15-27(16-14-21,18-22-7-3-2-4-8-22)19-25(28)20-29-26-12-11-23-9-5-6-10-24(23)17-26/h2-12,17,21,25,28H,13-16,18-20H2,1H3/q+1/t21?,25-,27?/m0/s1. The van der Waals surface area contributed by atoms with Gasteiger partial charge in [-0.25, -0.2) is 0 Å². The Hall–Kier alpha value is -2.36. The van der Waals surface area contributed by atoms with Gasteiger partial charge in [-0.15, -0.1) is 0 Å². The van der Waals surface area contributed by atoms with Crippen molar-refractivity contribution in [3.8, 4) is 5.75 Å². The fourth-order valence-corrected chi connectivity index (χ4v) is 4.57. The highest BCUT2D eigenvalue weighted by Crippen LogP contribution is 2.27. The van der Waals surface area contributed by atoms with Crippen LogP contribution in [0, 0.1) is 5.92 Å². The summed E-state index contributed by atoms with van der Waals surface area (Å²) in [5.74, 6) is 1.60. The van der Waals surface area contributed by atoms with Crippen LogP contribution in [-0.2, 0) is 6.54 Å². The molecule has 3 nitrogen and oxygen atoms in total. The van der Waals surface area contributed by atoms with E-state index in [1.807, 2.05) is 18.2 Å². The van der Waals surface area contributed by atoms with Gasteiger partial charge in [-0.1, -0.05) is 67.6 Å². The average molecular weight is 391 g/mol. The monoisotopic (exact) mass is 390 g/mol. The molecule has 1 aliphatic rings. The van der Waals surface area contributed by atoms with Crippen LogP contribution < -0.4 is 4.74 Å². The summed E-state index contributed by atoms with van der Waals surface area (Å²) in [4.78, 5) is 0. The van der Waals surface area contributed by atoms with Gasteiger partial charge in [-0.3, -0.25) is 0 Å². The Kier molecular flexibility index (Phi) is 6.17. The molecule has 3 aromatic carbocycles. The molecule has 1 atom stereocenters. The van der Waals surface area contributed by atoms with Crippen molar-refractivity contribution in [1.29, 1.82) is 0 Å². The van der Waals surface area contributed by atoms with E-state index in [0.717, 1.165) is 47.7 Å². The summed E-state index contributed by atoms with van der Waals surface area (Å²) in [6.07, 6.45) is 1.98. The molecule has 3 aromatic rings. The van der Waals surface area contributed by atoms with Crippen LogP contribution in [0.25, 0.3) is 10.8 Å². The summed E-state index contributed by atoms with van der Waals surface area (Å²) >= 11 is 0. The number of piperidine rings is 1. The van der Waals surface area contributed by atoms with Gasteiger partial charge in [-0.2, -0.15) is 0 Å². The number of nitrogens with zero attached hydrogens (tertiary/aromatic N) is 1. The number of hydrogen-bond acceptors (Lipinski definition) is 2. The predicted octanol–water partition coefficient (Wildman–Crippen LogP) is 5.03. The molecule has 0 unspecified atom stereocenters. The van der Waals surface area contributed by atoms with Gasteiger partial charge in [0, 0.05) is 5.56 Å². The van der Waals surface area contributed by atoms with Crippen LogP contribution in [-0.4, -0.2) is 41.9 Å². The minimum absolute atomic E-state index is 0.336. The maximum Gasteiger partial charge on any atom is 0.137 e. The number of hydrogen-bond donors (Lipinski definition) is 1. The summed E-state index contributed by atoms with van der Waals surface area (Å²) < 4.78 is 6.93. The van der Waals surface area contributed by atoms with Gasteiger partial charge in [0.1, 0.15) is 31.5 Å². The molecule has 0 aromatic heterocycles. The summed E-state index contributed by atoms with van der Waals surface area (Å²) in [5, 5.41) is 13.2. The number of quaternary nitrogens is 1. The molecule has 1 aliphatic heterocycles. The van der Waals surface area contributed by atoms with Crippen molar-refractivity contribution in [2.45, 2.75) is 32.4 Å². The molecule has 1 N–H and O–H groups in total. The van der Waals surface area contributed by atoms with Gasteiger partial charge >= 0.3 is 0 Å². The fraction of sp³-hybridized carbons (Fsp3) is 0.385. The van der Waals surface area contributed by atoms with Crippen molar-refractivity contribution < 1.29 is 14.3 Å². The first-order valence-corrected chi connectivity index (χ1v) is 10.8. The van der Waals surface area contributed by atoms with E-state index >= 15 is 0 Å². The highest BCUT2D eigenvalue weighted by molar-refractivity contribution is 5.83. The number of rotatable bonds is 7. The van der Waals surface area contributed by atoms with E-state index in [1.165, 1.54) is 23.8 Å². The Morgan fingerprint density at radius 3 is 2.38 bits per heavy atom. The number of ether oxygens (including phenoxy) is 1. The molecule has 152 valence electrons. The number of likely N-dealkylation sites (tertiary alicyclic amines) is 1. The smallest absolute Gasteiger partial charge is 0.137 e. The highest BCUT2D eigenvalue weighted by Gasteiger charge is 2.35. The molecule has 4 rings (SSSR count). The number of benzene rings is 3. The maximum absolute atomic E-state index is 10.8. The molecule has 0 saturated carbocycles. The minimum Gasteiger partial charge on any atom is -0.491 e. The summed E-state index contributed by atoms with van der Waals surface area (Å²) in [6.45, 7) is 6.67. The molecule has 3 heteroatoms. The normalized spacial score (nSPS) is 23.0. The van der Waals surface area contributed by atoms with Crippen LogP contribution in [0.3, 0.4) is 0 Å². The quantitative estimate of drug-likeness (QED) is 0.574. The van der Waals surface area contributed by atoms with Crippen molar-refractivity contribution in [3.63, 3.8) is 0 Å². The highest BCUT2D eigenvalue weighted by atomic mass is 16.5. The Morgan fingerprint density at radius 2 is 1.62 bits per heavy atom. The second-order valence-corrected chi connectivity index (χ2v) is 8.77. The van der Waals surface area contributed by atoms with Crippen LogP contribution >= 0.6 is 0 Å². The summed E-state index contributed by atoms with van der Waals surface area (Å²) in [7, 11) is 0. The number of fused-ring (bicyclic) bond motifs is 1. The zero-order valence-corrected chi connectivity index (χ0v) is 17.3. The van der Waals surface area contributed by atoms with Crippen molar-refractivity contribution in [2.24, 2.45) is 5.92 Å².